The molecule has 246 valence electrons. The van der Waals surface area contributed by atoms with E-state index in [0.29, 0.717) is 30.8 Å². The van der Waals surface area contributed by atoms with Crippen LogP contribution in [0, 0.1) is 23.0 Å². The predicted molar refractivity (Wildman–Crippen MR) is 164 cm³/mol. The van der Waals surface area contributed by atoms with Crippen LogP contribution in [0.4, 0.5) is 33.3 Å². The molecule has 1 fully saturated rings. The molecule has 3 amide bonds. The average molecular weight is 683 g/mol. The zero-order valence-corrected chi connectivity index (χ0v) is 25.5. The third-order valence-electron chi connectivity index (χ3n) is 8.15. The van der Waals surface area contributed by atoms with Crippen LogP contribution in [-0.4, -0.2) is 53.4 Å². The molecule has 2 aliphatic rings. The molecule has 1 unspecified atom stereocenters. The van der Waals surface area contributed by atoms with Crippen molar-refractivity contribution in [1.82, 2.24) is 14.8 Å². The lowest BCUT2D eigenvalue weighted by molar-refractivity contribution is -0.137. The molecule has 2 N–H and O–H groups in total. The minimum atomic E-state index is -4.93. The molecule has 3 heterocycles. The van der Waals surface area contributed by atoms with Gasteiger partial charge in [0.25, 0.3) is 11.8 Å². The number of halogens is 6. The summed E-state index contributed by atoms with van der Waals surface area (Å²) in [5, 5.41) is 14.5. The van der Waals surface area contributed by atoms with E-state index in [1.165, 1.54) is 21.6 Å². The van der Waals surface area contributed by atoms with Crippen molar-refractivity contribution in [2.24, 2.45) is 0 Å². The number of hydrogen-bond donors (Lipinski definition) is 2. The Morgan fingerprint density at radius 1 is 0.958 bits per heavy atom. The number of rotatable bonds is 5. The number of anilines is 2. The van der Waals surface area contributed by atoms with Crippen molar-refractivity contribution >= 4 is 40.7 Å². The van der Waals surface area contributed by atoms with Gasteiger partial charge in [-0.25, -0.2) is 8.78 Å². The first-order valence-corrected chi connectivity index (χ1v) is 14.9. The topological polar surface area (TPSA) is 110 Å². The Labute approximate surface area is 275 Å². The standard InChI is InChI=1S/C33H24ClF5N6O3/c34-25-5-4-21(35)14-24(25)29-30-26(41-31(47)19-11-20(33(37,38)39)13-22(36)12-19)15-27(45(30)17-28(46)42-29)32(48)44-8-6-43(7-9-44)23-3-1-2-18(10-23)16-40/h1-5,10-15,29H,6-9,17H2,(H,41,47)(H,42,46). The van der Waals surface area contributed by atoms with Gasteiger partial charge in [-0.3, -0.25) is 14.4 Å². The molecule has 2 aliphatic heterocycles. The summed E-state index contributed by atoms with van der Waals surface area (Å²) < 4.78 is 70.1. The van der Waals surface area contributed by atoms with Crippen LogP contribution in [0.25, 0.3) is 0 Å². The van der Waals surface area contributed by atoms with Crippen molar-refractivity contribution in [1.29, 1.82) is 5.26 Å². The number of fused-ring (bicyclic) bond motifs is 1. The second-order valence-corrected chi connectivity index (χ2v) is 11.6. The molecule has 0 bridgehead atoms. The maximum absolute atomic E-state index is 14.4. The van der Waals surface area contributed by atoms with E-state index in [1.807, 2.05) is 11.0 Å². The van der Waals surface area contributed by atoms with Gasteiger partial charge < -0.3 is 25.0 Å². The van der Waals surface area contributed by atoms with Crippen LogP contribution in [0.2, 0.25) is 5.02 Å². The molecule has 1 saturated heterocycles. The number of aromatic nitrogens is 1. The summed E-state index contributed by atoms with van der Waals surface area (Å²) in [5.41, 5.74) is -0.635. The van der Waals surface area contributed by atoms with Crippen molar-refractivity contribution in [2.75, 3.05) is 36.4 Å². The first-order valence-electron chi connectivity index (χ1n) is 14.5. The third-order valence-corrected chi connectivity index (χ3v) is 8.49. The molecule has 1 atom stereocenters. The number of benzene rings is 3. The molecule has 0 saturated carbocycles. The van der Waals surface area contributed by atoms with E-state index in [2.05, 4.69) is 16.7 Å². The monoisotopic (exact) mass is 682 g/mol. The van der Waals surface area contributed by atoms with E-state index in [1.54, 1.807) is 18.2 Å². The Bertz CT molecular complexity index is 2000. The largest absolute Gasteiger partial charge is 0.416 e. The Kier molecular flexibility index (Phi) is 8.57. The van der Waals surface area contributed by atoms with Crippen LogP contribution in [-0.2, 0) is 17.5 Å². The Morgan fingerprint density at radius 2 is 1.71 bits per heavy atom. The SMILES string of the molecule is N#Cc1cccc(N2CCN(C(=O)c3cc(NC(=O)c4cc(F)cc(C(F)(F)F)c4)c4n3CC(=O)NC4c3cc(F)ccc3Cl)CC2)c1. The summed E-state index contributed by atoms with van der Waals surface area (Å²) in [6, 6.07) is 14.0. The summed E-state index contributed by atoms with van der Waals surface area (Å²) in [6.07, 6.45) is -4.93. The molecule has 9 nitrogen and oxygen atoms in total. The first kappa shape index (κ1) is 32.5. The van der Waals surface area contributed by atoms with Gasteiger partial charge in [-0.1, -0.05) is 17.7 Å². The highest BCUT2D eigenvalue weighted by molar-refractivity contribution is 6.31. The number of amides is 3. The molecular formula is C33H24ClF5N6O3. The van der Waals surface area contributed by atoms with E-state index < -0.39 is 52.7 Å². The predicted octanol–water partition coefficient (Wildman–Crippen LogP) is 5.74. The van der Waals surface area contributed by atoms with Gasteiger partial charge in [0.15, 0.2) is 0 Å². The molecule has 0 aliphatic carbocycles. The number of nitrogens with zero attached hydrogens (tertiary/aromatic N) is 4. The Hall–Kier alpha value is -5.42. The second kappa shape index (κ2) is 12.6. The number of nitriles is 1. The lowest BCUT2D eigenvalue weighted by atomic mass is 10.0. The quantitative estimate of drug-likeness (QED) is 0.261. The van der Waals surface area contributed by atoms with Crippen LogP contribution < -0.4 is 15.5 Å². The zero-order valence-electron chi connectivity index (χ0n) is 24.7. The summed E-state index contributed by atoms with van der Waals surface area (Å²) in [7, 11) is 0. The number of nitrogens with one attached hydrogen (secondary N) is 2. The van der Waals surface area contributed by atoms with E-state index >= 15 is 0 Å². The summed E-state index contributed by atoms with van der Waals surface area (Å²) in [6.45, 7) is 0.968. The van der Waals surface area contributed by atoms with Crippen molar-refractivity contribution in [3.63, 3.8) is 0 Å². The summed E-state index contributed by atoms with van der Waals surface area (Å²) in [4.78, 5) is 43.8. The lowest BCUT2D eigenvalue weighted by Gasteiger charge is -2.36. The second-order valence-electron chi connectivity index (χ2n) is 11.2. The summed E-state index contributed by atoms with van der Waals surface area (Å²) >= 11 is 6.39. The molecule has 1 aromatic heterocycles. The van der Waals surface area contributed by atoms with Gasteiger partial charge in [-0.15, -0.1) is 0 Å². The normalized spacial score (nSPS) is 16.2. The molecule has 6 rings (SSSR count). The molecule has 48 heavy (non-hydrogen) atoms. The molecule has 4 aromatic rings. The maximum atomic E-state index is 14.4. The average Bonchev–Trinajstić information content (AvgIpc) is 3.42. The van der Waals surface area contributed by atoms with Gasteiger partial charge >= 0.3 is 6.18 Å². The van der Waals surface area contributed by atoms with Gasteiger partial charge in [-0.2, -0.15) is 18.4 Å². The highest BCUT2D eigenvalue weighted by Crippen LogP contribution is 2.38. The van der Waals surface area contributed by atoms with Crippen molar-refractivity contribution < 1.29 is 36.3 Å². The van der Waals surface area contributed by atoms with Crippen molar-refractivity contribution in [2.45, 2.75) is 18.8 Å². The van der Waals surface area contributed by atoms with E-state index in [9.17, 15) is 41.6 Å². The fourth-order valence-electron chi connectivity index (χ4n) is 5.88. The van der Waals surface area contributed by atoms with Gasteiger partial charge in [-0.05, 0) is 60.7 Å². The van der Waals surface area contributed by atoms with Crippen LogP contribution in [0.3, 0.4) is 0 Å². The molecule has 0 radical (unpaired) electrons. The van der Waals surface area contributed by atoms with Gasteiger partial charge in [0.1, 0.15) is 23.9 Å². The number of carbonyl (C=O) groups is 3. The summed E-state index contributed by atoms with van der Waals surface area (Å²) in [5.74, 6) is -4.17. The lowest BCUT2D eigenvalue weighted by Crippen LogP contribution is -2.49. The maximum Gasteiger partial charge on any atom is 0.416 e. The fourth-order valence-corrected chi connectivity index (χ4v) is 6.11. The van der Waals surface area contributed by atoms with Crippen LogP contribution in [0.5, 0.6) is 0 Å². The van der Waals surface area contributed by atoms with Crippen molar-refractivity contribution in [3.8, 4) is 6.07 Å². The first-order chi connectivity index (χ1) is 22.8. The highest BCUT2D eigenvalue weighted by Gasteiger charge is 2.37. The number of piperazine rings is 1. The third kappa shape index (κ3) is 6.41. The minimum Gasteiger partial charge on any atom is -0.368 e. The van der Waals surface area contributed by atoms with Crippen LogP contribution in [0.1, 0.15) is 49.3 Å². The number of alkyl halides is 3. The Morgan fingerprint density at radius 3 is 2.42 bits per heavy atom. The van der Waals surface area contributed by atoms with Gasteiger partial charge in [0, 0.05) is 48.0 Å². The molecular weight excluding hydrogens is 659 g/mol. The Balaban J connectivity index is 1.37. The van der Waals surface area contributed by atoms with Gasteiger partial charge in [0.2, 0.25) is 5.91 Å². The van der Waals surface area contributed by atoms with Gasteiger partial charge in [0.05, 0.1) is 34.6 Å². The molecule has 15 heteroatoms. The molecule has 3 aromatic carbocycles. The van der Waals surface area contributed by atoms with Crippen molar-refractivity contribution in [3.05, 3.63) is 117 Å². The minimum absolute atomic E-state index is 0.0252. The highest BCUT2D eigenvalue weighted by atomic mass is 35.5. The smallest absolute Gasteiger partial charge is 0.368 e. The van der Waals surface area contributed by atoms with Crippen LogP contribution >= 0.6 is 11.6 Å². The van der Waals surface area contributed by atoms with Crippen LogP contribution in [0.15, 0.2) is 66.7 Å². The van der Waals surface area contributed by atoms with E-state index in [4.69, 9.17) is 11.6 Å². The molecule has 0 spiro atoms. The number of hydrogen-bond acceptors (Lipinski definition) is 5. The zero-order chi connectivity index (χ0) is 34.3. The van der Waals surface area contributed by atoms with E-state index in [0.717, 1.165) is 17.8 Å². The fraction of sp³-hybridized carbons (Fsp3) is 0.212. The van der Waals surface area contributed by atoms with E-state index in [-0.39, 0.29) is 53.4 Å². The number of carbonyl (C=O) groups excluding carboxylic acids is 3.